The van der Waals surface area contributed by atoms with Crippen molar-refractivity contribution in [3.8, 4) is 11.8 Å². The first-order valence-electron chi connectivity index (χ1n) is 18.2. The maximum atomic E-state index is 7.82. The summed E-state index contributed by atoms with van der Waals surface area (Å²) in [6, 6.07) is 0. The van der Waals surface area contributed by atoms with Crippen LogP contribution in [-0.2, 0) is 18.0 Å². The van der Waals surface area contributed by atoms with E-state index in [0.717, 1.165) is 0 Å². The Morgan fingerprint density at radius 2 is 0.841 bits per heavy atom. The normalized spacial score (nSPS) is 24.2. The number of rotatable bonds is 16. The van der Waals surface area contributed by atoms with Crippen molar-refractivity contribution in [2.45, 2.75) is 213 Å². The first-order valence-corrected chi connectivity index (χ1v) is 24.6. The standard InChI is InChI=1S/C37H76O4Si3/c1-21-22-34-33(20)36(40-43(27(8)9,28(10)11)29(12)13)37(41-44(30(14)15,31(16)17)32(18)19)35(39-34)23-38-42(24(2)3,25(4)5)26(6)7/h24-37H,23H2,1-20H3/t33-,34-,35-,36-,37-/m1/s1. The van der Waals surface area contributed by atoms with Gasteiger partial charge >= 0.3 is 0 Å². The van der Waals surface area contributed by atoms with Crippen LogP contribution in [0.1, 0.15) is 138 Å². The van der Waals surface area contributed by atoms with E-state index in [1.807, 2.05) is 6.92 Å². The van der Waals surface area contributed by atoms with Gasteiger partial charge in [0.2, 0.25) is 16.6 Å². The van der Waals surface area contributed by atoms with Gasteiger partial charge in [-0.2, -0.15) is 0 Å². The van der Waals surface area contributed by atoms with E-state index in [2.05, 4.69) is 143 Å². The van der Waals surface area contributed by atoms with Gasteiger partial charge in [0, 0.05) is 5.92 Å². The van der Waals surface area contributed by atoms with Gasteiger partial charge in [0.15, 0.2) is 8.32 Å². The molecule has 0 saturated carbocycles. The minimum atomic E-state index is -2.29. The molecule has 0 aromatic heterocycles. The zero-order valence-corrected chi connectivity index (χ0v) is 35.9. The van der Waals surface area contributed by atoms with Crippen LogP contribution < -0.4 is 0 Å². The van der Waals surface area contributed by atoms with Crippen molar-refractivity contribution in [3.63, 3.8) is 0 Å². The Kier molecular flexibility index (Phi) is 16.2. The summed E-state index contributed by atoms with van der Waals surface area (Å²) in [6.45, 7) is 47.6. The molecule has 0 radical (unpaired) electrons. The molecule has 1 aliphatic rings. The molecule has 4 nitrogen and oxygen atoms in total. The van der Waals surface area contributed by atoms with Crippen molar-refractivity contribution in [2.24, 2.45) is 5.92 Å². The second-order valence-electron chi connectivity index (χ2n) is 16.8. The first-order chi connectivity index (χ1) is 20.1. The van der Waals surface area contributed by atoms with Crippen LogP contribution in [0.15, 0.2) is 0 Å². The third kappa shape index (κ3) is 8.18. The highest BCUT2D eigenvalue weighted by atomic mass is 28.4. The maximum Gasteiger partial charge on any atom is 0.201 e. The van der Waals surface area contributed by atoms with E-state index in [-0.39, 0.29) is 30.3 Å². The van der Waals surface area contributed by atoms with E-state index in [0.29, 0.717) is 56.5 Å². The Bertz CT molecular complexity index is 850. The van der Waals surface area contributed by atoms with Gasteiger partial charge in [-0.25, -0.2) is 0 Å². The van der Waals surface area contributed by atoms with Crippen LogP contribution in [-0.4, -0.2) is 56.0 Å². The molecule has 7 heteroatoms. The molecule has 1 heterocycles. The fraction of sp³-hybridized carbons (Fsp3) is 0.946. The molecule has 1 fully saturated rings. The molecule has 0 aromatic rings. The molecule has 5 atom stereocenters. The zero-order chi connectivity index (χ0) is 34.5. The molecule has 44 heavy (non-hydrogen) atoms. The second-order valence-corrected chi connectivity index (χ2v) is 33.1. The summed E-state index contributed by atoms with van der Waals surface area (Å²) >= 11 is 0. The van der Waals surface area contributed by atoms with Crippen molar-refractivity contribution < 1.29 is 18.0 Å². The van der Waals surface area contributed by atoms with Gasteiger partial charge in [0.25, 0.3) is 0 Å². The fourth-order valence-electron chi connectivity index (χ4n) is 9.85. The molecule has 0 amide bonds. The van der Waals surface area contributed by atoms with E-state index in [9.17, 15) is 0 Å². The van der Waals surface area contributed by atoms with Gasteiger partial charge in [0.1, 0.15) is 12.2 Å². The molecule has 1 saturated heterocycles. The van der Waals surface area contributed by atoms with Crippen LogP contribution in [0, 0.1) is 17.8 Å². The molecule has 0 spiro atoms. The number of ether oxygens (including phenoxy) is 1. The van der Waals surface area contributed by atoms with E-state index in [1.165, 1.54) is 0 Å². The van der Waals surface area contributed by atoms with Gasteiger partial charge < -0.3 is 18.0 Å². The summed E-state index contributed by atoms with van der Waals surface area (Å²) in [5.74, 6) is 6.75. The van der Waals surface area contributed by atoms with Gasteiger partial charge in [-0.1, -0.05) is 137 Å². The lowest BCUT2D eigenvalue weighted by Gasteiger charge is -2.55. The highest BCUT2D eigenvalue weighted by molar-refractivity contribution is 6.78. The highest BCUT2D eigenvalue weighted by Crippen LogP contribution is 2.50. The van der Waals surface area contributed by atoms with Gasteiger partial charge in [-0.3, -0.25) is 0 Å². The quantitative estimate of drug-likeness (QED) is 0.121. The summed E-state index contributed by atoms with van der Waals surface area (Å²) in [4.78, 5) is 0. The molecule has 1 aliphatic heterocycles. The third-order valence-electron chi connectivity index (χ3n) is 11.6. The SMILES string of the molecule is CC#C[C@H]1O[C@H](CO[Si](C(C)C)(C(C)C)C(C)C)[C@@H](O[Si](C(C)C)(C(C)C)C(C)C)[C@H](O[Si](C(C)C)(C(C)C)C(C)C)[C@@H]1C. The Morgan fingerprint density at radius 1 is 0.523 bits per heavy atom. The average Bonchev–Trinajstić information content (AvgIpc) is 2.87. The van der Waals surface area contributed by atoms with Crippen molar-refractivity contribution in [3.05, 3.63) is 0 Å². The van der Waals surface area contributed by atoms with Gasteiger partial charge in [-0.15, -0.1) is 5.92 Å². The first kappa shape index (κ1) is 42.1. The molecule has 1 rings (SSSR count). The summed E-state index contributed by atoms with van der Waals surface area (Å²) in [7, 11) is -6.68. The third-order valence-corrected chi connectivity index (χ3v) is 29.9. The van der Waals surface area contributed by atoms with E-state index >= 15 is 0 Å². The lowest BCUT2D eigenvalue weighted by Crippen LogP contribution is -2.65. The van der Waals surface area contributed by atoms with Crippen LogP contribution in [0.4, 0.5) is 0 Å². The second kappa shape index (κ2) is 16.9. The van der Waals surface area contributed by atoms with Crippen LogP contribution in [0.3, 0.4) is 0 Å². The lowest BCUT2D eigenvalue weighted by molar-refractivity contribution is -0.180. The molecular formula is C37H76O4Si3. The summed E-state index contributed by atoms with van der Waals surface area (Å²) in [6.07, 6.45) is -0.733. The minimum Gasteiger partial charge on any atom is -0.413 e. The summed E-state index contributed by atoms with van der Waals surface area (Å²) in [5, 5.41) is 0. The van der Waals surface area contributed by atoms with Gasteiger partial charge in [-0.05, 0) is 56.8 Å². The average molecular weight is 669 g/mol. The minimum absolute atomic E-state index is 0.0901. The van der Waals surface area contributed by atoms with Crippen molar-refractivity contribution >= 4 is 25.0 Å². The Labute approximate surface area is 279 Å². The topological polar surface area (TPSA) is 36.9 Å². The van der Waals surface area contributed by atoms with Crippen LogP contribution >= 0.6 is 0 Å². The van der Waals surface area contributed by atoms with E-state index in [4.69, 9.17) is 18.0 Å². The monoisotopic (exact) mass is 669 g/mol. The van der Waals surface area contributed by atoms with E-state index < -0.39 is 25.0 Å². The predicted octanol–water partition coefficient (Wildman–Crippen LogP) is 11.7. The summed E-state index contributed by atoms with van der Waals surface area (Å²) in [5.41, 5.74) is 4.34. The Balaban J connectivity index is 4.02. The smallest absolute Gasteiger partial charge is 0.201 e. The fourth-order valence-corrected chi connectivity index (χ4v) is 26.5. The molecule has 0 bridgehead atoms. The number of hydrogen-bond acceptors (Lipinski definition) is 4. The summed E-state index contributed by atoms with van der Waals surface area (Å²) < 4.78 is 30.0. The largest absolute Gasteiger partial charge is 0.413 e. The molecule has 260 valence electrons. The van der Waals surface area contributed by atoms with Crippen LogP contribution in [0.2, 0.25) is 49.9 Å². The molecule has 0 N–H and O–H groups in total. The Hall–Kier alpha value is 0.0506. The van der Waals surface area contributed by atoms with Crippen molar-refractivity contribution in [2.75, 3.05) is 6.61 Å². The molecule has 0 aromatic carbocycles. The highest BCUT2D eigenvalue weighted by Gasteiger charge is 2.57. The Morgan fingerprint density at radius 3 is 1.14 bits per heavy atom. The molecular weight excluding hydrogens is 593 g/mol. The van der Waals surface area contributed by atoms with E-state index in [1.54, 1.807) is 0 Å². The lowest BCUT2D eigenvalue weighted by atomic mass is 9.88. The maximum absolute atomic E-state index is 7.82. The number of hydrogen-bond donors (Lipinski definition) is 0. The predicted molar refractivity (Wildman–Crippen MR) is 200 cm³/mol. The van der Waals surface area contributed by atoms with Crippen LogP contribution in [0.25, 0.3) is 0 Å². The molecule has 0 unspecified atom stereocenters. The zero-order valence-electron chi connectivity index (χ0n) is 32.9. The van der Waals surface area contributed by atoms with Crippen LogP contribution in [0.5, 0.6) is 0 Å². The van der Waals surface area contributed by atoms with Crippen molar-refractivity contribution in [1.82, 2.24) is 0 Å². The van der Waals surface area contributed by atoms with Crippen molar-refractivity contribution in [1.29, 1.82) is 0 Å². The van der Waals surface area contributed by atoms with Gasteiger partial charge in [0.05, 0.1) is 18.8 Å². The molecule has 0 aliphatic carbocycles.